The Bertz CT molecular complexity index is 716. The van der Waals surface area contributed by atoms with Crippen molar-refractivity contribution in [1.82, 2.24) is 20.4 Å². The van der Waals surface area contributed by atoms with Crippen LogP contribution in [0, 0.1) is 0 Å². The van der Waals surface area contributed by atoms with Crippen molar-refractivity contribution in [3.05, 3.63) is 30.3 Å². The van der Waals surface area contributed by atoms with E-state index in [-0.39, 0.29) is 31.3 Å². The second-order valence-electron chi connectivity index (χ2n) is 6.42. The summed E-state index contributed by atoms with van der Waals surface area (Å²) >= 11 is 0. The highest BCUT2D eigenvalue weighted by Gasteiger charge is 2.32. The molecule has 0 unspecified atom stereocenters. The van der Waals surface area contributed by atoms with Crippen LogP contribution in [0.2, 0.25) is 0 Å². The molecule has 27 heavy (non-hydrogen) atoms. The Balaban J connectivity index is 1.46. The molecule has 0 saturated carbocycles. The van der Waals surface area contributed by atoms with Gasteiger partial charge in [-0.2, -0.15) is 0 Å². The molecule has 2 fully saturated rings. The summed E-state index contributed by atoms with van der Waals surface area (Å²) in [4.78, 5) is 51.0. The summed E-state index contributed by atoms with van der Waals surface area (Å²) in [5.41, 5.74) is 0. The Kier molecular flexibility index (Phi) is 5.90. The highest BCUT2D eigenvalue weighted by Crippen LogP contribution is 2.11. The third-order valence-electron chi connectivity index (χ3n) is 4.57. The van der Waals surface area contributed by atoms with Gasteiger partial charge in [-0.05, 0) is 18.6 Å². The number of hydrogen-bond donors (Lipinski definition) is 2. The molecule has 9 heteroatoms. The normalized spacial score (nSPS) is 20.4. The van der Waals surface area contributed by atoms with Crippen LogP contribution in [0.5, 0.6) is 5.75 Å². The molecule has 2 aliphatic rings. The number of piperazine rings is 1. The largest absolute Gasteiger partial charge is 0.484 e. The predicted octanol–water partition coefficient (Wildman–Crippen LogP) is -0.276. The summed E-state index contributed by atoms with van der Waals surface area (Å²) < 4.78 is 5.47. The maximum atomic E-state index is 12.6. The van der Waals surface area contributed by atoms with E-state index in [9.17, 15) is 19.2 Å². The third-order valence-corrected chi connectivity index (χ3v) is 4.57. The number of hydrogen-bond acceptors (Lipinski definition) is 5. The smallest absolute Gasteiger partial charge is 0.322 e. The molecule has 144 valence electrons. The van der Waals surface area contributed by atoms with Gasteiger partial charge in [0.15, 0.2) is 6.61 Å². The van der Waals surface area contributed by atoms with E-state index in [1.165, 1.54) is 0 Å². The number of rotatable bonds is 4. The molecule has 9 nitrogen and oxygen atoms in total. The average molecular weight is 374 g/mol. The lowest BCUT2D eigenvalue weighted by atomic mass is 10.1. The molecule has 0 radical (unpaired) electrons. The second kappa shape index (κ2) is 8.52. The van der Waals surface area contributed by atoms with Crippen molar-refractivity contribution in [3.8, 4) is 5.75 Å². The third kappa shape index (κ3) is 4.96. The lowest BCUT2D eigenvalue weighted by Gasteiger charge is -2.36. The molecule has 2 saturated heterocycles. The van der Waals surface area contributed by atoms with Crippen molar-refractivity contribution in [2.24, 2.45) is 0 Å². The molecule has 0 aliphatic carbocycles. The van der Waals surface area contributed by atoms with Gasteiger partial charge in [-0.15, -0.1) is 0 Å². The van der Waals surface area contributed by atoms with Gasteiger partial charge in [0.05, 0.1) is 0 Å². The topological polar surface area (TPSA) is 108 Å². The summed E-state index contributed by atoms with van der Waals surface area (Å²) in [7, 11) is 0. The van der Waals surface area contributed by atoms with Gasteiger partial charge in [0.1, 0.15) is 11.8 Å². The number of carbonyl (C=O) groups is 4. The number of ether oxygens (including phenoxy) is 1. The van der Waals surface area contributed by atoms with Gasteiger partial charge in [-0.1, -0.05) is 18.2 Å². The first-order valence-electron chi connectivity index (χ1n) is 8.87. The van der Waals surface area contributed by atoms with Gasteiger partial charge in [0.2, 0.25) is 11.8 Å². The van der Waals surface area contributed by atoms with Crippen LogP contribution < -0.4 is 15.4 Å². The molecular formula is C18H22N4O5. The second-order valence-corrected chi connectivity index (χ2v) is 6.42. The van der Waals surface area contributed by atoms with Crippen molar-refractivity contribution in [3.63, 3.8) is 0 Å². The van der Waals surface area contributed by atoms with Crippen LogP contribution in [-0.4, -0.2) is 72.4 Å². The molecule has 0 spiro atoms. The van der Waals surface area contributed by atoms with Gasteiger partial charge < -0.3 is 19.9 Å². The zero-order valence-corrected chi connectivity index (χ0v) is 14.8. The summed E-state index contributed by atoms with van der Waals surface area (Å²) in [6.45, 7) is 1.51. The molecule has 1 aromatic carbocycles. The van der Waals surface area contributed by atoms with E-state index in [2.05, 4.69) is 10.6 Å². The minimum Gasteiger partial charge on any atom is -0.484 e. The zero-order valence-electron chi connectivity index (χ0n) is 14.8. The summed E-state index contributed by atoms with van der Waals surface area (Å²) in [6.07, 6.45) is 0.380. The first kappa shape index (κ1) is 18.7. The molecular weight excluding hydrogens is 352 g/mol. The van der Waals surface area contributed by atoms with E-state index >= 15 is 0 Å². The van der Waals surface area contributed by atoms with Gasteiger partial charge >= 0.3 is 6.03 Å². The minimum atomic E-state index is -0.722. The van der Waals surface area contributed by atoms with Crippen molar-refractivity contribution in [1.29, 1.82) is 0 Å². The van der Waals surface area contributed by atoms with Gasteiger partial charge in [0.25, 0.3) is 5.91 Å². The maximum Gasteiger partial charge on any atom is 0.322 e. The van der Waals surface area contributed by atoms with Crippen molar-refractivity contribution in [2.75, 3.05) is 32.8 Å². The fourth-order valence-corrected chi connectivity index (χ4v) is 3.07. The molecule has 2 N–H and O–H groups in total. The Morgan fingerprint density at radius 2 is 1.70 bits per heavy atom. The van der Waals surface area contributed by atoms with Crippen LogP contribution in [0.4, 0.5) is 4.79 Å². The fourth-order valence-electron chi connectivity index (χ4n) is 3.07. The number of urea groups is 1. The molecule has 1 atom stereocenters. The molecule has 3 rings (SSSR count). The molecule has 2 heterocycles. The van der Waals surface area contributed by atoms with Crippen LogP contribution in [0.25, 0.3) is 0 Å². The summed E-state index contributed by atoms with van der Waals surface area (Å²) in [5.74, 6) is -0.125. The van der Waals surface area contributed by atoms with Crippen molar-refractivity contribution in [2.45, 2.75) is 18.9 Å². The number of benzene rings is 1. The monoisotopic (exact) mass is 374 g/mol. The SMILES string of the molecule is O=C1CC[C@@H](C(=O)N2CCN(C(=O)COc3ccccc3)CC2)NC(=O)N1. The van der Waals surface area contributed by atoms with E-state index in [0.29, 0.717) is 31.9 Å². The van der Waals surface area contributed by atoms with Gasteiger partial charge in [-0.25, -0.2) is 4.79 Å². The van der Waals surface area contributed by atoms with Crippen LogP contribution in [-0.2, 0) is 14.4 Å². The van der Waals surface area contributed by atoms with Crippen LogP contribution in [0.1, 0.15) is 12.8 Å². The number of nitrogens with one attached hydrogen (secondary N) is 2. The van der Waals surface area contributed by atoms with E-state index < -0.39 is 18.0 Å². The predicted molar refractivity (Wildman–Crippen MR) is 94.8 cm³/mol. The minimum absolute atomic E-state index is 0.0512. The Hall–Kier alpha value is -3.10. The van der Waals surface area contributed by atoms with E-state index in [4.69, 9.17) is 4.74 Å². The fraction of sp³-hybridized carbons (Fsp3) is 0.444. The Labute approximate surface area is 156 Å². The Morgan fingerprint density at radius 1 is 1.04 bits per heavy atom. The van der Waals surface area contributed by atoms with Gasteiger partial charge in [0, 0.05) is 32.6 Å². The van der Waals surface area contributed by atoms with E-state index in [0.717, 1.165) is 0 Å². The first-order chi connectivity index (χ1) is 13.0. The molecule has 5 amide bonds. The zero-order chi connectivity index (χ0) is 19.2. The van der Waals surface area contributed by atoms with E-state index in [1.807, 2.05) is 18.2 Å². The van der Waals surface area contributed by atoms with E-state index in [1.54, 1.807) is 21.9 Å². The number of nitrogens with zero attached hydrogens (tertiary/aromatic N) is 2. The highest BCUT2D eigenvalue weighted by molar-refractivity contribution is 5.98. The number of para-hydroxylation sites is 1. The molecule has 0 aromatic heterocycles. The number of imide groups is 1. The lowest BCUT2D eigenvalue weighted by Crippen LogP contribution is -2.56. The first-order valence-corrected chi connectivity index (χ1v) is 8.87. The number of amides is 5. The standard InChI is InChI=1S/C18H22N4O5/c23-15-7-6-14(19-18(26)20-15)17(25)22-10-8-21(9-11-22)16(24)12-27-13-4-2-1-3-5-13/h1-5,14H,6-12H2,(H2,19,20,23,26)/t14-/m0/s1. The lowest BCUT2D eigenvalue weighted by molar-refractivity contribution is -0.141. The van der Waals surface area contributed by atoms with Crippen molar-refractivity contribution < 1.29 is 23.9 Å². The van der Waals surface area contributed by atoms with Gasteiger partial charge in [-0.3, -0.25) is 19.7 Å². The van der Waals surface area contributed by atoms with Crippen molar-refractivity contribution >= 4 is 23.8 Å². The summed E-state index contributed by atoms with van der Waals surface area (Å²) in [6, 6.07) is 7.73. The van der Waals surface area contributed by atoms with Crippen LogP contribution >= 0.6 is 0 Å². The summed E-state index contributed by atoms with van der Waals surface area (Å²) in [5, 5.41) is 4.67. The van der Waals surface area contributed by atoms with Crippen LogP contribution in [0.3, 0.4) is 0 Å². The quantitative estimate of drug-likeness (QED) is 0.754. The molecule has 2 aliphatic heterocycles. The highest BCUT2D eigenvalue weighted by atomic mass is 16.5. The van der Waals surface area contributed by atoms with Crippen LogP contribution in [0.15, 0.2) is 30.3 Å². The number of carbonyl (C=O) groups excluding carboxylic acids is 4. The molecule has 0 bridgehead atoms. The molecule has 1 aromatic rings. The Morgan fingerprint density at radius 3 is 2.41 bits per heavy atom. The average Bonchev–Trinajstić information content (AvgIpc) is 2.86. The maximum absolute atomic E-state index is 12.6.